The van der Waals surface area contributed by atoms with E-state index in [1.165, 1.54) is 29.5 Å². The van der Waals surface area contributed by atoms with Gasteiger partial charge in [0.25, 0.3) is 0 Å². The van der Waals surface area contributed by atoms with Crippen LogP contribution in [0.2, 0.25) is 0 Å². The summed E-state index contributed by atoms with van der Waals surface area (Å²) in [7, 11) is 4.05. The molecule has 0 amide bonds. The van der Waals surface area contributed by atoms with Crippen molar-refractivity contribution in [1.29, 1.82) is 21.0 Å². The third-order valence-corrected chi connectivity index (χ3v) is 27.6. The average Bonchev–Trinajstić information content (AvgIpc) is 1.53. The molecule has 16 aromatic carbocycles. The number of aryl methyl sites for hydroxylation is 2. The van der Waals surface area contributed by atoms with Crippen LogP contribution in [0, 0.1) is 45.3 Å². The van der Waals surface area contributed by atoms with Gasteiger partial charge in [-0.15, -0.1) is 22.7 Å². The zero-order valence-corrected chi connectivity index (χ0v) is 65.9. The predicted molar refractivity (Wildman–Crippen MR) is 483 cm³/mol. The van der Waals surface area contributed by atoms with Crippen molar-refractivity contribution in [3.8, 4) is 80.4 Å². The zero-order chi connectivity index (χ0) is 82.4. The summed E-state index contributed by atoms with van der Waals surface area (Å²) in [6, 6.07) is 99.4. The van der Waals surface area contributed by atoms with Gasteiger partial charge in [-0.2, -0.15) is 47.4 Å². The molecule has 0 fully saturated rings. The van der Waals surface area contributed by atoms with Gasteiger partial charge in [-0.05, 0) is 120 Å². The third-order valence-electron chi connectivity index (χ3n) is 25.2. The van der Waals surface area contributed by atoms with Gasteiger partial charge in [-0.3, -0.25) is 0 Å². The third kappa shape index (κ3) is 9.55. The number of aromatic nitrogens is 6. The summed E-state index contributed by atoms with van der Waals surface area (Å²) >= 11 is 3.06. The highest BCUT2D eigenvalue weighted by Crippen LogP contribution is 2.55. The Balaban J connectivity index is 0.820. The molecule has 574 valence electrons. The number of benzene rings is 16. The van der Waals surface area contributed by atoms with E-state index in [0.29, 0.717) is 50.1 Å². The van der Waals surface area contributed by atoms with Crippen molar-refractivity contribution in [1.82, 2.24) is 27.4 Å². The number of thiophene rings is 2. The lowest BCUT2D eigenvalue weighted by atomic mass is 9.87. The van der Waals surface area contributed by atoms with Crippen LogP contribution in [0.25, 0.3) is 227 Å². The Labute approximate surface area is 695 Å². The molecule has 10 nitrogen and oxygen atoms in total. The standard InChI is InChI=1S/C104H54F6N10S2/c1-115-78-29-10-6-25-71(78)95-83(115)43-41-66-61-20-3-12-31-80(61)117(97(66)95)86-47-58(53-113)75(50-88(86)118-81-32-13-4-21-62(81)67-42-44-84-96(98(67)118)72-26-7-11-30-79(72)116(84)2)93-59(54-114)45-56(46-77(93)104(108,109)110)60-27-18-34-85-94(60)73-40-39-70-65-24-9-16-36-91(65)122-102(70)100(73)120(85)87-48-57(52-112)74(92-55(51-111)19-17-28-76(92)103(105,106)107)49-89(87)119-82-33-14-5-22-63(82)68-37-38-69-64-23-8-15-35-90(64)121-101(69)99(68)119/h3-50H,1-2H3. The molecule has 0 aliphatic rings. The minimum absolute atomic E-state index is 0.00909. The summed E-state index contributed by atoms with van der Waals surface area (Å²) in [5.74, 6) is 0. The van der Waals surface area contributed by atoms with E-state index >= 15 is 26.3 Å². The number of fused-ring (bicyclic) bond motifs is 28. The van der Waals surface area contributed by atoms with Crippen molar-refractivity contribution in [2.24, 2.45) is 14.1 Å². The molecule has 0 saturated heterocycles. The number of alkyl halides is 6. The normalized spacial score (nSPS) is 12.4. The molecule has 24 rings (SSSR count). The van der Waals surface area contributed by atoms with Crippen molar-refractivity contribution in [3.63, 3.8) is 0 Å². The Morgan fingerprint density at radius 1 is 0.262 bits per heavy atom. The SMILES string of the molecule is Cn1c2ccccc2c2c1ccc1c3ccccc3n(-c3cc(C#N)c(-c4c(C#N)cc(-c5cccc6c5c5ccc7c8ccccc8sc7c5n6-c5cc(C#N)c(-c6c(C#N)cccc6C(F)(F)F)cc5-n5c6ccccc6c6ccc7c8ccccc8sc7c65)cc4C(F)(F)F)cc3-n3c4ccccc4c4ccc5c(c6ccccc6n5C)c43)c12. The molecular weight excluding hydrogens is 1570 g/mol. The minimum Gasteiger partial charge on any atom is -0.344 e. The quantitative estimate of drug-likeness (QED) is 0.147. The number of nitrogens with zero attached hydrogens (tertiary/aromatic N) is 10. The fraction of sp³-hybridized carbons (Fsp3) is 0.0385. The lowest BCUT2D eigenvalue weighted by Gasteiger charge is -2.22. The highest BCUT2D eigenvalue weighted by molar-refractivity contribution is 7.27. The first-order chi connectivity index (χ1) is 59.5. The van der Waals surface area contributed by atoms with Crippen LogP contribution in [0.15, 0.2) is 291 Å². The summed E-state index contributed by atoms with van der Waals surface area (Å²) in [5, 5.41) is 60.5. The number of hydrogen-bond acceptors (Lipinski definition) is 6. The van der Waals surface area contributed by atoms with Crippen LogP contribution in [-0.4, -0.2) is 27.4 Å². The molecule has 0 N–H and O–H groups in total. The van der Waals surface area contributed by atoms with Gasteiger partial charge in [0.15, 0.2) is 0 Å². The van der Waals surface area contributed by atoms with Gasteiger partial charge in [0.2, 0.25) is 0 Å². The van der Waals surface area contributed by atoms with Crippen LogP contribution in [0.5, 0.6) is 0 Å². The first kappa shape index (κ1) is 70.5. The van der Waals surface area contributed by atoms with Gasteiger partial charge in [0.1, 0.15) is 0 Å². The number of hydrogen-bond donors (Lipinski definition) is 0. The summed E-state index contributed by atoms with van der Waals surface area (Å²) in [5.41, 5.74) is 6.48. The van der Waals surface area contributed by atoms with Crippen molar-refractivity contribution < 1.29 is 26.3 Å². The molecule has 0 radical (unpaired) electrons. The van der Waals surface area contributed by atoms with E-state index in [4.69, 9.17) is 0 Å². The Morgan fingerprint density at radius 2 is 0.631 bits per heavy atom. The predicted octanol–water partition coefficient (Wildman–Crippen LogP) is 28.6. The van der Waals surface area contributed by atoms with Crippen LogP contribution in [0.3, 0.4) is 0 Å². The summed E-state index contributed by atoms with van der Waals surface area (Å²) in [6.45, 7) is 0. The van der Waals surface area contributed by atoms with Crippen LogP contribution < -0.4 is 0 Å². The summed E-state index contributed by atoms with van der Waals surface area (Å²) in [6.07, 6.45) is -10.2. The number of para-hydroxylation sites is 5. The van der Waals surface area contributed by atoms with Crippen LogP contribution in [0.4, 0.5) is 26.3 Å². The number of rotatable bonds is 7. The molecule has 8 heterocycles. The number of nitriles is 4. The van der Waals surface area contributed by atoms with E-state index in [2.05, 4.69) is 109 Å². The van der Waals surface area contributed by atoms with Gasteiger partial charge in [0, 0.05) is 143 Å². The van der Waals surface area contributed by atoms with E-state index in [1.54, 1.807) is 47.7 Å². The summed E-state index contributed by atoms with van der Waals surface area (Å²) in [4.78, 5) is 0. The molecule has 0 aliphatic heterocycles. The maximum Gasteiger partial charge on any atom is 0.417 e. The molecular formula is C104H54F6N10S2. The zero-order valence-electron chi connectivity index (χ0n) is 64.3. The first-order valence-corrected chi connectivity index (χ1v) is 41.1. The molecule has 24 aromatic rings. The second-order valence-electron chi connectivity index (χ2n) is 31.2. The van der Waals surface area contributed by atoms with Crippen LogP contribution in [0.1, 0.15) is 33.4 Å². The maximum atomic E-state index is 17.7. The van der Waals surface area contributed by atoms with E-state index in [0.717, 1.165) is 156 Å². The van der Waals surface area contributed by atoms with Crippen molar-refractivity contribution >= 4 is 194 Å². The maximum absolute atomic E-state index is 17.7. The molecule has 0 atom stereocenters. The van der Waals surface area contributed by atoms with E-state index < -0.39 is 34.6 Å². The molecule has 0 unspecified atom stereocenters. The monoisotopic (exact) mass is 1620 g/mol. The van der Waals surface area contributed by atoms with Crippen molar-refractivity contribution in [3.05, 3.63) is 325 Å². The first-order valence-electron chi connectivity index (χ1n) is 39.5. The Bertz CT molecular complexity index is 9110. The highest BCUT2D eigenvalue weighted by atomic mass is 32.1. The smallest absolute Gasteiger partial charge is 0.344 e. The number of halogens is 6. The second kappa shape index (κ2) is 25.4. The largest absolute Gasteiger partial charge is 0.417 e. The van der Waals surface area contributed by atoms with Crippen molar-refractivity contribution in [2.45, 2.75) is 12.4 Å². The van der Waals surface area contributed by atoms with Crippen LogP contribution in [-0.2, 0) is 26.4 Å². The molecule has 0 spiro atoms. The molecule has 8 aromatic heterocycles. The van der Waals surface area contributed by atoms with E-state index in [9.17, 15) is 21.0 Å². The van der Waals surface area contributed by atoms with Crippen LogP contribution >= 0.6 is 22.7 Å². The van der Waals surface area contributed by atoms with E-state index in [-0.39, 0.29) is 44.5 Å². The molecule has 18 heteroatoms. The lowest BCUT2D eigenvalue weighted by molar-refractivity contribution is -0.137. The minimum atomic E-state index is -5.22. The van der Waals surface area contributed by atoms with E-state index in [1.807, 2.05) is 181 Å². The fourth-order valence-electron chi connectivity index (χ4n) is 20.2. The Kier molecular flexibility index (Phi) is 14.7. The van der Waals surface area contributed by atoms with Crippen molar-refractivity contribution in [2.75, 3.05) is 0 Å². The molecule has 0 bridgehead atoms. The van der Waals surface area contributed by atoms with Gasteiger partial charge >= 0.3 is 12.4 Å². The van der Waals surface area contributed by atoms with Gasteiger partial charge < -0.3 is 27.4 Å². The second-order valence-corrected chi connectivity index (χ2v) is 33.3. The fourth-order valence-corrected chi connectivity index (χ4v) is 22.7. The lowest BCUT2D eigenvalue weighted by Crippen LogP contribution is -2.11. The van der Waals surface area contributed by atoms with Gasteiger partial charge in [-0.1, -0.05) is 182 Å². The Morgan fingerprint density at radius 3 is 1.11 bits per heavy atom. The summed E-state index contributed by atoms with van der Waals surface area (Å²) < 4.78 is 117. The molecule has 0 aliphatic carbocycles. The van der Waals surface area contributed by atoms with Gasteiger partial charge in [0.05, 0.1) is 145 Å². The Hall–Kier alpha value is -15.7. The molecule has 122 heavy (non-hydrogen) atoms. The highest BCUT2D eigenvalue weighted by Gasteiger charge is 2.40. The van der Waals surface area contributed by atoms with Gasteiger partial charge in [-0.25, -0.2) is 0 Å². The molecule has 0 saturated carbocycles. The topological polar surface area (TPSA) is 125 Å². The average molecular weight is 1620 g/mol.